The molecule has 1 aliphatic rings. The average Bonchev–Trinajstić information content (AvgIpc) is 2.65. The van der Waals surface area contributed by atoms with Crippen molar-refractivity contribution in [1.82, 2.24) is 9.80 Å². The van der Waals surface area contributed by atoms with Gasteiger partial charge in [-0.1, -0.05) is 24.3 Å². The minimum absolute atomic E-state index is 0.0489. The van der Waals surface area contributed by atoms with Gasteiger partial charge in [-0.3, -0.25) is 14.5 Å². The third kappa shape index (κ3) is 4.71. The summed E-state index contributed by atoms with van der Waals surface area (Å²) in [6, 6.07) is 12.1. The number of aryl methyl sites for hydroxylation is 1. The molecule has 2 aromatic rings. The zero-order valence-corrected chi connectivity index (χ0v) is 15.7. The summed E-state index contributed by atoms with van der Waals surface area (Å²) in [5.74, 6) is -0.405. The van der Waals surface area contributed by atoms with Crippen molar-refractivity contribution in [2.45, 2.75) is 20.4 Å². The number of anilines is 1. The summed E-state index contributed by atoms with van der Waals surface area (Å²) in [7, 11) is 0. The zero-order chi connectivity index (χ0) is 19.4. The lowest BCUT2D eigenvalue weighted by Crippen LogP contribution is -2.48. The Morgan fingerprint density at radius 1 is 1.07 bits per heavy atom. The SMILES string of the molecule is CC(=O)Nc1cc(C(=O)N2CCN(Cc3ccccc3F)CC2)ccc1C. The van der Waals surface area contributed by atoms with E-state index in [4.69, 9.17) is 0 Å². The quantitative estimate of drug-likeness (QED) is 0.901. The molecule has 2 aromatic carbocycles. The Bertz CT molecular complexity index is 845. The number of hydrogen-bond donors (Lipinski definition) is 1. The maximum absolute atomic E-state index is 13.8. The highest BCUT2D eigenvalue weighted by atomic mass is 19.1. The summed E-state index contributed by atoms with van der Waals surface area (Å²) in [6.45, 7) is 6.47. The monoisotopic (exact) mass is 369 g/mol. The van der Waals surface area contributed by atoms with Crippen LogP contribution in [0.4, 0.5) is 10.1 Å². The topological polar surface area (TPSA) is 52.7 Å². The second-order valence-corrected chi connectivity index (χ2v) is 6.87. The van der Waals surface area contributed by atoms with E-state index in [9.17, 15) is 14.0 Å². The van der Waals surface area contributed by atoms with Crippen LogP contribution in [0, 0.1) is 12.7 Å². The zero-order valence-electron chi connectivity index (χ0n) is 15.7. The van der Waals surface area contributed by atoms with Crippen LogP contribution in [0.2, 0.25) is 0 Å². The van der Waals surface area contributed by atoms with Crippen molar-refractivity contribution in [2.24, 2.45) is 0 Å². The standard InChI is InChI=1S/C21H24FN3O2/c1-15-7-8-17(13-20(15)23-16(2)26)21(27)25-11-9-24(10-12-25)14-18-5-3-4-6-19(18)22/h3-8,13H,9-12,14H2,1-2H3,(H,23,26). The van der Waals surface area contributed by atoms with Gasteiger partial charge in [-0.05, 0) is 30.7 Å². The first-order chi connectivity index (χ1) is 12.9. The molecule has 1 aliphatic heterocycles. The van der Waals surface area contributed by atoms with Crippen molar-refractivity contribution in [1.29, 1.82) is 0 Å². The lowest BCUT2D eigenvalue weighted by molar-refractivity contribution is -0.114. The van der Waals surface area contributed by atoms with Crippen LogP contribution in [-0.2, 0) is 11.3 Å². The van der Waals surface area contributed by atoms with Crippen LogP contribution in [0.3, 0.4) is 0 Å². The minimum atomic E-state index is -0.193. The molecule has 0 saturated carbocycles. The van der Waals surface area contributed by atoms with E-state index in [-0.39, 0.29) is 17.6 Å². The van der Waals surface area contributed by atoms with E-state index in [0.717, 1.165) is 5.56 Å². The second kappa shape index (κ2) is 8.31. The summed E-state index contributed by atoms with van der Waals surface area (Å²) in [6.07, 6.45) is 0. The normalized spacial score (nSPS) is 14.9. The van der Waals surface area contributed by atoms with Gasteiger partial charge in [0.1, 0.15) is 5.82 Å². The smallest absolute Gasteiger partial charge is 0.254 e. The van der Waals surface area contributed by atoms with Crippen molar-refractivity contribution in [3.8, 4) is 0 Å². The molecule has 142 valence electrons. The molecule has 1 heterocycles. The summed E-state index contributed by atoms with van der Waals surface area (Å²) in [4.78, 5) is 28.1. The molecule has 0 bridgehead atoms. The number of hydrogen-bond acceptors (Lipinski definition) is 3. The van der Waals surface area contributed by atoms with Crippen LogP contribution in [0.1, 0.15) is 28.4 Å². The van der Waals surface area contributed by atoms with E-state index in [1.165, 1.54) is 13.0 Å². The predicted octanol–water partition coefficient (Wildman–Crippen LogP) is 3.05. The van der Waals surface area contributed by atoms with Gasteiger partial charge >= 0.3 is 0 Å². The van der Waals surface area contributed by atoms with Crippen molar-refractivity contribution in [3.63, 3.8) is 0 Å². The van der Waals surface area contributed by atoms with E-state index >= 15 is 0 Å². The molecule has 0 spiro atoms. The van der Waals surface area contributed by atoms with Gasteiger partial charge in [0, 0.05) is 56.5 Å². The first-order valence-corrected chi connectivity index (χ1v) is 9.07. The van der Waals surface area contributed by atoms with Crippen LogP contribution >= 0.6 is 0 Å². The lowest BCUT2D eigenvalue weighted by atomic mass is 10.1. The van der Waals surface area contributed by atoms with E-state index in [1.54, 1.807) is 29.2 Å². The Hall–Kier alpha value is -2.73. The minimum Gasteiger partial charge on any atom is -0.336 e. The van der Waals surface area contributed by atoms with Gasteiger partial charge in [-0.15, -0.1) is 0 Å². The number of amides is 2. The molecule has 1 fully saturated rings. The van der Waals surface area contributed by atoms with E-state index in [0.29, 0.717) is 49.5 Å². The molecule has 0 aromatic heterocycles. The first kappa shape index (κ1) is 19.0. The van der Waals surface area contributed by atoms with Gasteiger partial charge < -0.3 is 10.2 Å². The predicted molar refractivity (Wildman–Crippen MR) is 103 cm³/mol. The Balaban J connectivity index is 1.61. The molecule has 1 N–H and O–H groups in total. The molecule has 27 heavy (non-hydrogen) atoms. The molecule has 2 amide bonds. The van der Waals surface area contributed by atoms with Gasteiger partial charge in [0.15, 0.2) is 0 Å². The Morgan fingerprint density at radius 3 is 2.44 bits per heavy atom. The maximum Gasteiger partial charge on any atom is 0.254 e. The number of carbonyl (C=O) groups is 2. The van der Waals surface area contributed by atoms with Crippen molar-refractivity contribution < 1.29 is 14.0 Å². The van der Waals surface area contributed by atoms with Gasteiger partial charge in [0.2, 0.25) is 5.91 Å². The number of rotatable bonds is 4. The number of nitrogens with zero attached hydrogens (tertiary/aromatic N) is 2. The summed E-state index contributed by atoms with van der Waals surface area (Å²) < 4.78 is 13.8. The molecule has 6 heteroatoms. The summed E-state index contributed by atoms with van der Waals surface area (Å²) >= 11 is 0. The van der Waals surface area contributed by atoms with Crippen molar-refractivity contribution >= 4 is 17.5 Å². The van der Waals surface area contributed by atoms with Crippen LogP contribution < -0.4 is 5.32 Å². The number of piperazine rings is 1. The maximum atomic E-state index is 13.8. The largest absolute Gasteiger partial charge is 0.336 e. The fraction of sp³-hybridized carbons (Fsp3) is 0.333. The molecule has 0 atom stereocenters. The number of carbonyl (C=O) groups excluding carboxylic acids is 2. The van der Waals surface area contributed by atoms with E-state index in [2.05, 4.69) is 10.2 Å². The Labute approximate surface area is 158 Å². The molecule has 0 aliphatic carbocycles. The van der Waals surface area contributed by atoms with Crippen LogP contribution in [0.25, 0.3) is 0 Å². The molecular formula is C21H24FN3O2. The Morgan fingerprint density at radius 2 is 1.78 bits per heavy atom. The number of benzene rings is 2. The third-order valence-corrected chi connectivity index (χ3v) is 4.81. The second-order valence-electron chi connectivity index (χ2n) is 6.87. The molecule has 3 rings (SSSR count). The Kier molecular flexibility index (Phi) is 5.86. The highest BCUT2D eigenvalue weighted by Gasteiger charge is 2.23. The lowest BCUT2D eigenvalue weighted by Gasteiger charge is -2.35. The van der Waals surface area contributed by atoms with Crippen LogP contribution in [0.5, 0.6) is 0 Å². The van der Waals surface area contributed by atoms with Gasteiger partial charge in [0.05, 0.1) is 0 Å². The highest BCUT2D eigenvalue weighted by Crippen LogP contribution is 2.19. The molecule has 0 unspecified atom stereocenters. The molecule has 5 nitrogen and oxygen atoms in total. The molecular weight excluding hydrogens is 345 g/mol. The fourth-order valence-corrected chi connectivity index (χ4v) is 3.24. The number of halogens is 1. The van der Waals surface area contributed by atoms with Crippen LogP contribution in [0.15, 0.2) is 42.5 Å². The molecule has 1 saturated heterocycles. The van der Waals surface area contributed by atoms with Crippen molar-refractivity contribution in [2.75, 3.05) is 31.5 Å². The fourth-order valence-electron chi connectivity index (χ4n) is 3.24. The van der Waals surface area contributed by atoms with Gasteiger partial charge in [-0.2, -0.15) is 0 Å². The highest BCUT2D eigenvalue weighted by molar-refractivity contribution is 5.97. The van der Waals surface area contributed by atoms with Gasteiger partial charge in [0.25, 0.3) is 5.91 Å². The van der Waals surface area contributed by atoms with E-state index in [1.807, 2.05) is 19.1 Å². The van der Waals surface area contributed by atoms with Gasteiger partial charge in [-0.25, -0.2) is 4.39 Å². The van der Waals surface area contributed by atoms with Crippen molar-refractivity contribution in [3.05, 3.63) is 65.0 Å². The summed E-state index contributed by atoms with van der Waals surface area (Å²) in [5, 5.41) is 2.76. The molecule has 0 radical (unpaired) electrons. The first-order valence-electron chi connectivity index (χ1n) is 9.07. The number of nitrogens with one attached hydrogen (secondary N) is 1. The summed E-state index contributed by atoms with van der Waals surface area (Å²) in [5.41, 5.74) is 2.81. The average molecular weight is 369 g/mol. The van der Waals surface area contributed by atoms with Crippen LogP contribution in [-0.4, -0.2) is 47.8 Å². The van der Waals surface area contributed by atoms with E-state index < -0.39 is 0 Å². The third-order valence-electron chi connectivity index (χ3n) is 4.81.